The standard InChI is InChI=1S/C17H16N2O4/c1-2-23-15-7-4-13(5-8-15)17(20)18-10-9-12-3-6-14(19(21)22)11-16(12)18/h3-8,11H,2,9-10H2,1H3. The van der Waals surface area contributed by atoms with Crippen LogP contribution in [-0.4, -0.2) is 24.0 Å². The minimum absolute atomic E-state index is 0.00450. The second-order valence-corrected chi connectivity index (χ2v) is 5.23. The first-order valence-electron chi connectivity index (χ1n) is 7.42. The molecule has 1 heterocycles. The fourth-order valence-corrected chi connectivity index (χ4v) is 2.71. The van der Waals surface area contributed by atoms with Crippen molar-refractivity contribution in [3.05, 3.63) is 63.7 Å². The molecule has 2 aromatic carbocycles. The number of hydrogen-bond acceptors (Lipinski definition) is 4. The number of ether oxygens (including phenoxy) is 1. The van der Waals surface area contributed by atoms with Gasteiger partial charge in [-0.1, -0.05) is 6.07 Å². The number of anilines is 1. The minimum Gasteiger partial charge on any atom is -0.494 e. The SMILES string of the molecule is CCOc1ccc(C(=O)N2CCc3ccc([N+](=O)[O-])cc32)cc1. The van der Waals surface area contributed by atoms with Gasteiger partial charge in [-0.15, -0.1) is 0 Å². The molecule has 118 valence electrons. The normalized spacial score (nSPS) is 12.8. The molecule has 6 heteroatoms. The molecule has 1 amide bonds. The van der Waals surface area contributed by atoms with Crippen LogP contribution in [0.2, 0.25) is 0 Å². The predicted octanol–water partition coefficient (Wildman–Crippen LogP) is 3.20. The van der Waals surface area contributed by atoms with Crippen LogP contribution < -0.4 is 9.64 Å². The summed E-state index contributed by atoms with van der Waals surface area (Å²) in [5.74, 6) is 0.550. The first-order chi connectivity index (χ1) is 11.1. The fourth-order valence-electron chi connectivity index (χ4n) is 2.71. The van der Waals surface area contributed by atoms with E-state index in [2.05, 4.69) is 0 Å². The largest absolute Gasteiger partial charge is 0.494 e. The van der Waals surface area contributed by atoms with Crippen LogP contribution in [0.25, 0.3) is 0 Å². The Morgan fingerprint density at radius 1 is 1.26 bits per heavy atom. The molecule has 0 saturated carbocycles. The summed E-state index contributed by atoms with van der Waals surface area (Å²) in [6.07, 6.45) is 0.704. The molecule has 0 fully saturated rings. The number of nitro groups is 1. The number of benzene rings is 2. The van der Waals surface area contributed by atoms with E-state index in [1.165, 1.54) is 12.1 Å². The number of carbonyl (C=O) groups excluding carboxylic acids is 1. The molecule has 0 spiro atoms. The van der Waals surface area contributed by atoms with Crippen LogP contribution in [0.5, 0.6) is 5.75 Å². The van der Waals surface area contributed by atoms with Crippen molar-refractivity contribution < 1.29 is 14.5 Å². The van der Waals surface area contributed by atoms with Crippen molar-refractivity contribution in [3.63, 3.8) is 0 Å². The summed E-state index contributed by atoms with van der Waals surface area (Å²) >= 11 is 0. The average Bonchev–Trinajstić information content (AvgIpc) is 2.98. The molecule has 6 nitrogen and oxygen atoms in total. The Bertz CT molecular complexity index is 756. The van der Waals surface area contributed by atoms with Crippen LogP contribution in [0.3, 0.4) is 0 Å². The van der Waals surface area contributed by atoms with Crippen molar-refractivity contribution in [2.45, 2.75) is 13.3 Å². The van der Waals surface area contributed by atoms with Crippen molar-refractivity contribution in [3.8, 4) is 5.75 Å². The molecule has 0 N–H and O–H groups in total. The highest BCUT2D eigenvalue weighted by Crippen LogP contribution is 2.32. The molecule has 1 aliphatic heterocycles. The zero-order valence-electron chi connectivity index (χ0n) is 12.7. The molecule has 0 aromatic heterocycles. The second-order valence-electron chi connectivity index (χ2n) is 5.23. The van der Waals surface area contributed by atoms with Crippen LogP contribution in [0.4, 0.5) is 11.4 Å². The van der Waals surface area contributed by atoms with Gasteiger partial charge in [0.05, 0.1) is 17.2 Å². The highest BCUT2D eigenvalue weighted by atomic mass is 16.6. The average molecular weight is 312 g/mol. The van der Waals surface area contributed by atoms with E-state index in [1.807, 2.05) is 6.92 Å². The quantitative estimate of drug-likeness (QED) is 0.642. The van der Waals surface area contributed by atoms with Gasteiger partial charge in [0, 0.05) is 24.2 Å². The Kier molecular flexibility index (Phi) is 3.97. The Labute approximate surface area is 133 Å². The summed E-state index contributed by atoms with van der Waals surface area (Å²) in [5, 5.41) is 10.9. The van der Waals surface area contributed by atoms with Gasteiger partial charge in [0.15, 0.2) is 0 Å². The summed E-state index contributed by atoms with van der Waals surface area (Å²) < 4.78 is 5.36. The van der Waals surface area contributed by atoms with Crippen LogP contribution in [0, 0.1) is 10.1 Å². The number of non-ortho nitro benzene ring substituents is 1. The second kappa shape index (κ2) is 6.08. The van der Waals surface area contributed by atoms with Gasteiger partial charge in [-0.3, -0.25) is 14.9 Å². The van der Waals surface area contributed by atoms with Crippen molar-refractivity contribution in [1.82, 2.24) is 0 Å². The third-order valence-corrected chi connectivity index (χ3v) is 3.83. The van der Waals surface area contributed by atoms with E-state index in [0.717, 1.165) is 5.56 Å². The van der Waals surface area contributed by atoms with Gasteiger partial charge in [0.2, 0.25) is 0 Å². The van der Waals surface area contributed by atoms with Gasteiger partial charge in [-0.05, 0) is 43.2 Å². The lowest BCUT2D eigenvalue weighted by Crippen LogP contribution is -2.28. The van der Waals surface area contributed by atoms with Gasteiger partial charge in [0.25, 0.3) is 11.6 Å². The minimum atomic E-state index is -0.446. The summed E-state index contributed by atoms with van der Waals surface area (Å²) in [6.45, 7) is 2.99. The molecule has 0 bridgehead atoms. The van der Waals surface area contributed by atoms with E-state index in [1.54, 1.807) is 35.2 Å². The summed E-state index contributed by atoms with van der Waals surface area (Å²) in [5.41, 5.74) is 2.11. The topological polar surface area (TPSA) is 72.7 Å². The van der Waals surface area contributed by atoms with E-state index in [4.69, 9.17) is 4.74 Å². The van der Waals surface area contributed by atoms with E-state index in [9.17, 15) is 14.9 Å². The van der Waals surface area contributed by atoms with Gasteiger partial charge >= 0.3 is 0 Å². The van der Waals surface area contributed by atoms with Crippen LogP contribution >= 0.6 is 0 Å². The van der Waals surface area contributed by atoms with Gasteiger partial charge < -0.3 is 9.64 Å². The maximum absolute atomic E-state index is 12.7. The smallest absolute Gasteiger partial charge is 0.271 e. The molecule has 3 rings (SSSR count). The summed E-state index contributed by atoms with van der Waals surface area (Å²) in [7, 11) is 0. The summed E-state index contributed by atoms with van der Waals surface area (Å²) in [6, 6.07) is 11.6. The number of carbonyl (C=O) groups is 1. The van der Waals surface area contributed by atoms with E-state index >= 15 is 0 Å². The zero-order chi connectivity index (χ0) is 16.4. The van der Waals surface area contributed by atoms with E-state index < -0.39 is 4.92 Å². The van der Waals surface area contributed by atoms with Gasteiger partial charge in [0.1, 0.15) is 5.75 Å². The van der Waals surface area contributed by atoms with Crippen molar-refractivity contribution in [2.75, 3.05) is 18.1 Å². The number of fused-ring (bicyclic) bond motifs is 1. The predicted molar refractivity (Wildman–Crippen MR) is 86.1 cm³/mol. The van der Waals surface area contributed by atoms with Crippen LogP contribution in [-0.2, 0) is 6.42 Å². The monoisotopic (exact) mass is 312 g/mol. The molecule has 0 atom stereocenters. The van der Waals surface area contributed by atoms with Gasteiger partial charge in [-0.2, -0.15) is 0 Å². The van der Waals surface area contributed by atoms with Crippen molar-refractivity contribution in [1.29, 1.82) is 0 Å². The Hall–Kier alpha value is -2.89. The maximum Gasteiger partial charge on any atom is 0.271 e. The molecule has 0 radical (unpaired) electrons. The molecular formula is C17H16N2O4. The first-order valence-corrected chi connectivity index (χ1v) is 7.42. The lowest BCUT2D eigenvalue weighted by Gasteiger charge is -2.17. The molecular weight excluding hydrogens is 296 g/mol. The number of nitro benzene ring substituents is 1. The third kappa shape index (κ3) is 2.88. The number of hydrogen-bond donors (Lipinski definition) is 0. The maximum atomic E-state index is 12.7. The Morgan fingerprint density at radius 2 is 2.00 bits per heavy atom. The lowest BCUT2D eigenvalue weighted by atomic mass is 10.1. The van der Waals surface area contributed by atoms with Crippen LogP contribution in [0.1, 0.15) is 22.8 Å². The highest BCUT2D eigenvalue weighted by Gasteiger charge is 2.27. The molecule has 0 aliphatic carbocycles. The molecule has 1 aliphatic rings. The number of amides is 1. The molecule has 0 saturated heterocycles. The number of nitrogens with zero attached hydrogens (tertiary/aromatic N) is 2. The molecule has 0 unspecified atom stereocenters. The molecule has 23 heavy (non-hydrogen) atoms. The molecule has 2 aromatic rings. The Balaban J connectivity index is 1.87. The first kappa shape index (κ1) is 15.0. The zero-order valence-corrected chi connectivity index (χ0v) is 12.7. The van der Waals surface area contributed by atoms with E-state index in [0.29, 0.717) is 36.6 Å². The number of rotatable bonds is 4. The fraction of sp³-hybridized carbons (Fsp3) is 0.235. The third-order valence-electron chi connectivity index (χ3n) is 3.83. The summed E-state index contributed by atoms with van der Waals surface area (Å²) in [4.78, 5) is 24.8. The van der Waals surface area contributed by atoms with Crippen LogP contribution in [0.15, 0.2) is 42.5 Å². The van der Waals surface area contributed by atoms with Gasteiger partial charge in [-0.25, -0.2) is 0 Å². The highest BCUT2D eigenvalue weighted by molar-refractivity contribution is 6.07. The Morgan fingerprint density at radius 3 is 2.65 bits per heavy atom. The van der Waals surface area contributed by atoms with Crippen molar-refractivity contribution >= 4 is 17.3 Å². The van der Waals surface area contributed by atoms with Crippen molar-refractivity contribution in [2.24, 2.45) is 0 Å². The lowest BCUT2D eigenvalue weighted by molar-refractivity contribution is -0.384. The van der Waals surface area contributed by atoms with E-state index in [-0.39, 0.29) is 11.6 Å².